The highest BCUT2D eigenvalue weighted by molar-refractivity contribution is 5.95. The van der Waals surface area contributed by atoms with Gasteiger partial charge in [-0.2, -0.15) is 0 Å². The molecule has 1 fully saturated rings. The Bertz CT molecular complexity index is 738. The lowest BCUT2D eigenvalue weighted by Gasteiger charge is -2.22. The fraction of sp³-hybridized carbons (Fsp3) is 0.294. The highest BCUT2D eigenvalue weighted by Gasteiger charge is 2.25. The zero-order valence-electron chi connectivity index (χ0n) is 13.1. The summed E-state index contributed by atoms with van der Waals surface area (Å²) in [5, 5.41) is 0. The van der Waals surface area contributed by atoms with Gasteiger partial charge in [0.25, 0.3) is 11.8 Å². The molecule has 2 aromatic rings. The third-order valence-electron chi connectivity index (χ3n) is 3.96. The van der Waals surface area contributed by atoms with Crippen molar-refractivity contribution in [2.45, 2.75) is 6.42 Å². The third-order valence-corrected chi connectivity index (χ3v) is 3.96. The fourth-order valence-electron chi connectivity index (χ4n) is 2.70. The van der Waals surface area contributed by atoms with Crippen molar-refractivity contribution >= 4 is 11.8 Å². The number of carbonyl (C=O) groups excluding carboxylic acids is 2. The molecule has 7 heteroatoms. The highest BCUT2D eigenvalue weighted by Crippen LogP contribution is 2.13. The highest BCUT2D eigenvalue weighted by atomic mass is 19.1. The van der Waals surface area contributed by atoms with Gasteiger partial charge >= 0.3 is 0 Å². The van der Waals surface area contributed by atoms with E-state index < -0.39 is 5.82 Å². The molecule has 0 atom stereocenters. The van der Waals surface area contributed by atoms with Crippen molar-refractivity contribution in [3.8, 4) is 0 Å². The summed E-state index contributed by atoms with van der Waals surface area (Å²) in [6.07, 6.45) is 5.04. The van der Waals surface area contributed by atoms with E-state index in [1.54, 1.807) is 21.9 Å². The zero-order valence-corrected chi connectivity index (χ0v) is 13.1. The molecular formula is C17H17FN4O2. The smallest absolute Gasteiger partial charge is 0.274 e. The average molecular weight is 328 g/mol. The van der Waals surface area contributed by atoms with E-state index in [1.807, 2.05) is 0 Å². The van der Waals surface area contributed by atoms with Crippen molar-refractivity contribution in [3.63, 3.8) is 0 Å². The molecule has 0 spiro atoms. The molecule has 1 aliphatic heterocycles. The molecule has 6 nitrogen and oxygen atoms in total. The normalized spacial score (nSPS) is 15.0. The molecule has 124 valence electrons. The summed E-state index contributed by atoms with van der Waals surface area (Å²) in [5.41, 5.74) is 0.345. The van der Waals surface area contributed by atoms with Crippen LogP contribution < -0.4 is 0 Å². The monoisotopic (exact) mass is 328 g/mol. The molecule has 0 unspecified atom stereocenters. The maximum atomic E-state index is 13.8. The van der Waals surface area contributed by atoms with E-state index in [0.29, 0.717) is 32.6 Å². The number of rotatable bonds is 2. The molecule has 2 heterocycles. The number of halogens is 1. The number of amides is 2. The predicted molar refractivity (Wildman–Crippen MR) is 84.9 cm³/mol. The van der Waals surface area contributed by atoms with E-state index in [9.17, 15) is 14.0 Å². The van der Waals surface area contributed by atoms with E-state index in [1.165, 1.54) is 30.7 Å². The molecular weight excluding hydrogens is 311 g/mol. The summed E-state index contributed by atoms with van der Waals surface area (Å²) in [5.74, 6) is -1.08. The number of hydrogen-bond donors (Lipinski definition) is 0. The Morgan fingerprint density at radius 1 is 0.958 bits per heavy atom. The van der Waals surface area contributed by atoms with E-state index in [-0.39, 0.29) is 23.1 Å². The summed E-state index contributed by atoms with van der Waals surface area (Å²) >= 11 is 0. The number of aromatic nitrogens is 2. The average Bonchev–Trinajstić information content (AvgIpc) is 2.88. The van der Waals surface area contributed by atoms with Crippen molar-refractivity contribution in [2.75, 3.05) is 26.2 Å². The Kier molecular flexibility index (Phi) is 4.79. The topological polar surface area (TPSA) is 66.4 Å². The summed E-state index contributed by atoms with van der Waals surface area (Å²) in [7, 11) is 0. The summed E-state index contributed by atoms with van der Waals surface area (Å²) in [6, 6.07) is 5.94. The van der Waals surface area contributed by atoms with Crippen molar-refractivity contribution < 1.29 is 14.0 Å². The number of nitrogens with zero attached hydrogens (tertiary/aromatic N) is 4. The Labute approximate surface area is 138 Å². The van der Waals surface area contributed by atoms with Crippen LogP contribution in [0.1, 0.15) is 27.3 Å². The maximum absolute atomic E-state index is 13.8. The standard InChI is InChI=1S/C17H17FN4O2/c18-14-5-2-1-4-13(14)16(23)21-8-3-9-22(11-10-21)17(24)15-12-19-6-7-20-15/h1-2,4-7,12H,3,8-11H2. The maximum Gasteiger partial charge on any atom is 0.274 e. The minimum absolute atomic E-state index is 0.0613. The first-order valence-corrected chi connectivity index (χ1v) is 7.76. The molecule has 1 aliphatic rings. The first-order valence-electron chi connectivity index (χ1n) is 7.76. The largest absolute Gasteiger partial charge is 0.337 e. The van der Waals surface area contributed by atoms with Crippen LogP contribution in [0.4, 0.5) is 4.39 Å². The predicted octanol–water partition coefficient (Wildman–Crippen LogP) is 1.60. The number of hydrogen-bond acceptors (Lipinski definition) is 4. The van der Waals surface area contributed by atoms with Gasteiger partial charge in [0.1, 0.15) is 11.5 Å². The molecule has 0 bridgehead atoms. The van der Waals surface area contributed by atoms with E-state index in [0.717, 1.165) is 0 Å². The van der Waals surface area contributed by atoms with E-state index in [4.69, 9.17) is 0 Å². The van der Waals surface area contributed by atoms with Gasteiger partial charge in [-0.1, -0.05) is 12.1 Å². The first kappa shape index (κ1) is 16.0. The van der Waals surface area contributed by atoms with Gasteiger partial charge in [-0.05, 0) is 18.6 Å². The minimum atomic E-state index is -0.528. The molecule has 1 aromatic heterocycles. The lowest BCUT2D eigenvalue weighted by molar-refractivity contribution is 0.0713. The van der Waals surface area contributed by atoms with Crippen LogP contribution in [0.2, 0.25) is 0 Å². The van der Waals surface area contributed by atoms with Crippen LogP contribution in [0.15, 0.2) is 42.9 Å². The van der Waals surface area contributed by atoms with Gasteiger partial charge < -0.3 is 9.80 Å². The lowest BCUT2D eigenvalue weighted by atomic mass is 10.2. The third kappa shape index (κ3) is 3.40. The summed E-state index contributed by atoms with van der Waals surface area (Å²) < 4.78 is 13.8. The van der Waals surface area contributed by atoms with Crippen molar-refractivity contribution in [1.29, 1.82) is 0 Å². The van der Waals surface area contributed by atoms with Gasteiger partial charge in [0.15, 0.2) is 0 Å². The summed E-state index contributed by atoms with van der Waals surface area (Å²) in [6.45, 7) is 1.75. The Morgan fingerprint density at radius 2 is 1.67 bits per heavy atom. The lowest BCUT2D eigenvalue weighted by Crippen LogP contribution is -2.37. The quantitative estimate of drug-likeness (QED) is 0.840. The van der Waals surface area contributed by atoms with E-state index >= 15 is 0 Å². The Balaban J connectivity index is 1.68. The van der Waals surface area contributed by atoms with Gasteiger partial charge in [-0.3, -0.25) is 14.6 Å². The van der Waals surface area contributed by atoms with Crippen molar-refractivity contribution in [3.05, 3.63) is 59.9 Å². The van der Waals surface area contributed by atoms with Crippen LogP contribution in [-0.2, 0) is 0 Å². The molecule has 1 saturated heterocycles. The van der Waals surface area contributed by atoms with Gasteiger partial charge in [0, 0.05) is 38.6 Å². The summed E-state index contributed by atoms with van der Waals surface area (Å²) in [4.78, 5) is 36.0. The Morgan fingerprint density at radius 3 is 2.33 bits per heavy atom. The SMILES string of the molecule is O=C(c1cnccn1)N1CCCN(C(=O)c2ccccc2F)CC1. The molecule has 3 rings (SSSR count). The molecule has 0 aliphatic carbocycles. The van der Waals surface area contributed by atoms with Gasteiger partial charge in [-0.15, -0.1) is 0 Å². The molecule has 0 N–H and O–H groups in total. The zero-order chi connectivity index (χ0) is 16.9. The van der Waals surface area contributed by atoms with Gasteiger partial charge in [0.2, 0.25) is 0 Å². The second-order valence-corrected chi connectivity index (χ2v) is 5.51. The number of carbonyl (C=O) groups is 2. The van der Waals surface area contributed by atoms with Crippen LogP contribution in [0.5, 0.6) is 0 Å². The second-order valence-electron chi connectivity index (χ2n) is 5.51. The second kappa shape index (κ2) is 7.16. The van der Waals surface area contributed by atoms with Crippen LogP contribution in [0.3, 0.4) is 0 Å². The Hall–Kier alpha value is -2.83. The van der Waals surface area contributed by atoms with Crippen LogP contribution >= 0.6 is 0 Å². The van der Waals surface area contributed by atoms with Crippen LogP contribution in [-0.4, -0.2) is 57.8 Å². The molecule has 0 saturated carbocycles. The van der Waals surface area contributed by atoms with Gasteiger partial charge in [0.05, 0.1) is 11.8 Å². The first-order chi connectivity index (χ1) is 11.7. The molecule has 2 amide bonds. The molecule has 1 aromatic carbocycles. The molecule has 24 heavy (non-hydrogen) atoms. The van der Waals surface area contributed by atoms with Crippen LogP contribution in [0, 0.1) is 5.82 Å². The van der Waals surface area contributed by atoms with E-state index in [2.05, 4.69) is 9.97 Å². The van der Waals surface area contributed by atoms with Crippen LogP contribution in [0.25, 0.3) is 0 Å². The molecule has 0 radical (unpaired) electrons. The number of benzene rings is 1. The van der Waals surface area contributed by atoms with Gasteiger partial charge in [-0.25, -0.2) is 9.37 Å². The minimum Gasteiger partial charge on any atom is -0.337 e. The van der Waals surface area contributed by atoms with Crippen molar-refractivity contribution in [2.24, 2.45) is 0 Å². The fourth-order valence-corrected chi connectivity index (χ4v) is 2.70. The van der Waals surface area contributed by atoms with Crippen molar-refractivity contribution in [1.82, 2.24) is 19.8 Å².